The SMILES string of the molecule is CCCCOCCCC.OCCCO. The van der Waals surface area contributed by atoms with E-state index in [1.54, 1.807) is 0 Å². The standard InChI is InChI=1S/C8H18O.C3H8O2/c1-3-5-7-9-8-6-4-2;4-2-1-3-5/h3-8H2,1-2H3;4-5H,1-3H2. The molecule has 0 aliphatic heterocycles. The predicted molar refractivity (Wildman–Crippen MR) is 59.4 cm³/mol. The Balaban J connectivity index is 0. The number of unbranched alkanes of at least 4 members (excludes halogenated alkanes) is 2. The Morgan fingerprint density at radius 3 is 1.43 bits per heavy atom. The maximum atomic E-state index is 7.91. The molecule has 2 N–H and O–H groups in total. The molecule has 0 saturated heterocycles. The van der Waals surface area contributed by atoms with E-state index in [1.165, 1.54) is 25.7 Å². The number of hydrogen-bond acceptors (Lipinski definition) is 3. The van der Waals surface area contributed by atoms with E-state index < -0.39 is 0 Å². The van der Waals surface area contributed by atoms with Crippen molar-refractivity contribution in [3.05, 3.63) is 0 Å². The topological polar surface area (TPSA) is 49.7 Å². The maximum absolute atomic E-state index is 7.91. The minimum atomic E-state index is 0.0938. The molecular weight excluding hydrogens is 180 g/mol. The zero-order valence-corrected chi connectivity index (χ0v) is 9.67. The van der Waals surface area contributed by atoms with E-state index in [2.05, 4.69) is 13.8 Å². The summed E-state index contributed by atoms with van der Waals surface area (Å²) in [6.45, 7) is 6.46. The number of aliphatic hydroxyl groups is 2. The molecule has 0 amide bonds. The number of rotatable bonds is 8. The van der Waals surface area contributed by atoms with Crippen LogP contribution in [0, 0.1) is 0 Å². The molecule has 0 unspecified atom stereocenters. The second-order valence-electron chi connectivity index (χ2n) is 3.12. The molecule has 0 atom stereocenters. The van der Waals surface area contributed by atoms with Gasteiger partial charge in [0.1, 0.15) is 0 Å². The summed E-state index contributed by atoms with van der Waals surface area (Å²) in [6.07, 6.45) is 5.41. The van der Waals surface area contributed by atoms with Gasteiger partial charge in [0.05, 0.1) is 0 Å². The van der Waals surface area contributed by atoms with Gasteiger partial charge in [-0.05, 0) is 19.3 Å². The average Bonchev–Trinajstić information content (AvgIpc) is 2.20. The van der Waals surface area contributed by atoms with E-state index in [4.69, 9.17) is 14.9 Å². The van der Waals surface area contributed by atoms with Crippen LogP contribution in [0.25, 0.3) is 0 Å². The first-order valence-electron chi connectivity index (χ1n) is 5.62. The number of hydrogen-bond donors (Lipinski definition) is 2. The quantitative estimate of drug-likeness (QED) is 0.597. The molecule has 0 spiro atoms. The van der Waals surface area contributed by atoms with Crippen LogP contribution in [0.5, 0.6) is 0 Å². The summed E-state index contributed by atoms with van der Waals surface area (Å²) in [5.41, 5.74) is 0. The van der Waals surface area contributed by atoms with E-state index in [9.17, 15) is 0 Å². The lowest BCUT2D eigenvalue weighted by Gasteiger charge is -1.99. The second-order valence-corrected chi connectivity index (χ2v) is 3.12. The fourth-order valence-electron chi connectivity index (χ4n) is 0.666. The Hall–Kier alpha value is -0.120. The van der Waals surface area contributed by atoms with Crippen LogP contribution in [0.3, 0.4) is 0 Å². The third-order valence-corrected chi connectivity index (χ3v) is 1.60. The lowest BCUT2D eigenvalue weighted by atomic mass is 10.3. The van der Waals surface area contributed by atoms with Crippen molar-refractivity contribution in [2.75, 3.05) is 26.4 Å². The minimum Gasteiger partial charge on any atom is -0.396 e. The van der Waals surface area contributed by atoms with E-state index in [0.717, 1.165) is 13.2 Å². The van der Waals surface area contributed by atoms with Gasteiger partial charge in [-0.3, -0.25) is 0 Å². The van der Waals surface area contributed by atoms with Gasteiger partial charge in [0.15, 0.2) is 0 Å². The molecule has 0 rings (SSSR count). The molecule has 0 aliphatic carbocycles. The lowest BCUT2D eigenvalue weighted by Crippen LogP contribution is -1.95. The number of ether oxygens (including phenoxy) is 1. The fraction of sp³-hybridized carbons (Fsp3) is 1.00. The lowest BCUT2D eigenvalue weighted by molar-refractivity contribution is 0.128. The third kappa shape index (κ3) is 22.6. The Labute approximate surface area is 88.1 Å². The van der Waals surface area contributed by atoms with Gasteiger partial charge < -0.3 is 14.9 Å². The van der Waals surface area contributed by atoms with Gasteiger partial charge in [-0.25, -0.2) is 0 Å². The summed E-state index contributed by atoms with van der Waals surface area (Å²) in [6, 6.07) is 0. The molecule has 0 bridgehead atoms. The third-order valence-electron chi connectivity index (χ3n) is 1.60. The molecule has 0 aromatic carbocycles. The van der Waals surface area contributed by atoms with E-state index >= 15 is 0 Å². The molecule has 0 aromatic rings. The Bertz CT molecular complexity index is 68.9. The monoisotopic (exact) mass is 206 g/mol. The van der Waals surface area contributed by atoms with Crippen molar-refractivity contribution in [3.63, 3.8) is 0 Å². The van der Waals surface area contributed by atoms with Crippen molar-refractivity contribution in [3.8, 4) is 0 Å². The van der Waals surface area contributed by atoms with E-state index in [-0.39, 0.29) is 13.2 Å². The zero-order chi connectivity index (χ0) is 11.1. The Morgan fingerprint density at radius 2 is 1.21 bits per heavy atom. The van der Waals surface area contributed by atoms with Crippen LogP contribution in [-0.4, -0.2) is 36.6 Å². The first-order chi connectivity index (χ1) is 6.83. The van der Waals surface area contributed by atoms with Crippen LogP contribution in [0.4, 0.5) is 0 Å². The smallest absolute Gasteiger partial charge is 0.0465 e. The molecule has 0 saturated carbocycles. The van der Waals surface area contributed by atoms with Gasteiger partial charge in [-0.2, -0.15) is 0 Å². The van der Waals surface area contributed by atoms with Crippen LogP contribution >= 0.6 is 0 Å². The summed E-state index contributed by atoms with van der Waals surface area (Å²) >= 11 is 0. The zero-order valence-electron chi connectivity index (χ0n) is 9.67. The first kappa shape index (κ1) is 16.3. The minimum absolute atomic E-state index is 0.0938. The fourth-order valence-corrected chi connectivity index (χ4v) is 0.666. The maximum Gasteiger partial charge on any atom is 0.0465 e. The highest BCUT2D eigenvalue weighted by molar-refractivity contribution is 4.33. The van der Waals surface area contributed by atoms with Crippen LogP contribution in [0.15, 0.2) is 0 Å². The van der Waals surface area contributed by atoms with Gasteiger partial charge in [0, 0.05) is 26.4 Å². The molecule has 0 aliphatic rings. The first-order valence-corrected chi connectivity index (χ1v) is 5.62. The molecule has 3 nitrogen and oxygen atoms in total. The average molecular weight is 206 g/mol. The molecule has 14 heavy (non-hydrogen) atoms. The van der Waals surface area contributed by atoms with Crippen molar-refractivity contribution >= 4 is 0 Å². The van der Waals surface area contributed by atoms with Crippen molar-refractivity contribution < 1.29 is 14.9 Å². The Morgan fingerprint density at radius 1 is 0.786 bits per heavy atom. The van der Waals surface area contributed by atoms with Crippen LogP contribution in [0.2, 0.25) is 0 Å². The molecule has 0 heterocycles. The summed E-state index contributed by atoms with van der Waals surface area (Å²) in [4.78, 5) is 0. The van der Waals surface area contributed by atoms with Crippen molar-refractivity contribution in [1.29, 1.82) is 0 Å². The summed E-state index contributed by atoms with van der Waals surface area (Å²) < 4.78 is 5.31. The second kappa shape index (κ2) is 18.6. The van der Waals surface area contributed by atoms with Gasteiger partial charge in [-0.15, -0.1) is 0 Å². The number of aliphatic hydroxyl groups excluding tert-OH is 2. The highest BCUT2D eigenvalue weighted by Crippen LogP contribution is 1.91. The highest BCUT2D eigenvalue weighted by atomic mass is 16.5. The molecule has 0 aromatic heterocycles. The molecular formula is C11H26O3. The van der Waals surface area contributed by atoms with Gasteiger partial charge in [0.2, 0.25) is 0 Å². The summed E-state index contributed by atoms with van der Waals surface area (Å²) in [7, 11) is 0. The van der Waals surface area contributed by atoms with Crippen LogP contribution in [0.1, 0.15) is 46.0 Å². The van der Waals surface area contributed by atoms with Crippen LogP contribution in [-0.2, 0) is 4.74 Å². The molecule has 0 radical (unpaired) electrons. The Kier molecular flexibility index (Phi) is 21.7. The van der Waals surface area contributed by atoms with E-state index in [1.807, 2.05) is 0 Å². The molecule has 3 heteroatoms. The predicted octanol–water partition coefficient (Wildman–Crippen LogP) is 1.96. The largest absolute Gasteiger partial charge is 0.396 e. The molecule has 88 valence electrons. The van der Waals surface area contributed by atoms with Crippen LogP contribution < -0.4 is 0 Å². The van der Waals surface area contributed by atoms with Gasteiger partial charge in [0.25, 0.3) is 0 Å². The van der Waals surface area contributed by atoms with Crippen molar-refractivity contribution in [2.45, 2.75) is 46.0 Å². The summed E-state index contributed by atoms with van der Waals surface area (Å²) in [5, 5.41) is 15.8. The normalized spacial score (nSPS) is 9.43. The van der Waals surface area contributed by atoms with Gasteiger partial charge >= 0.3 is 0 Å². The highest BCUT2D eigenvalue weighted by Gasteiger charge is 1.84. The van der Waals surface area contributed by atoms with Gasteiger partial charge in [-0.1, -0.05) is 26.7 Å². The van der Waals surface area contributed by atoms with Crippen molar-refractivity contribution in [2.24, 2.45) is 0 Å². The van der Waals surface area contributed by atoms with E-state index in [0.29, 0.717) is 6.42 Å². The summed E-state index contributed by atoms with van der Waals surface area (Å²) in [5.74, 6) is 0. The molecule has 0 fully saturated rings. The van der Waals surface area contributed by atoms with Crippen molar-refractivity contribution in [1.82, 2.24) is 0 Å².